The number of nitrogens with zero attached hydrogens (tertiary/aromatic N) is 4. The summed E-state index contributed by atoms with van der Waals surface area (Å²) >= 11 is 5.30. The summed E-state index contributed by atoms with van der Waals surface area (Å²) in [4.78, 5) is 33.7. The first-order chi connectivity index (χ1) is 22.2. The lowest BCUT2D eigenvalue weighted by atomic mass is 9.94. The molecule has 5 rings (SSSR count). The number of fused-ring (bicyclic) bond motifs is 1. The van der Waals surface area contributed by atoms with Crippen molar-refractivity contribution < 1.29 is 19.1 Å². The fourth-order valence-corrected chi connectivity index (χ4v) is 7.18. The second-order valence-electron chi connectivity index (χ2n) is 11.6. The fourth-order valence-electron chi connectivity index (χ4n) is 5.70. The van der Waals surface area contributed by atoms with E-state index >= 15 is 0 Å². The van der Waals surface area contributed by atoms with E-state index in [2.05, 4.69) is 33.5 Å². The molecule has 246 valence electrons. The Labute approximate surface area is 283 Å². The summed E-state index contributed by atoms with van der Waals surface area (Å²) in [6, 6.07) is 9.04. The lowest BCUT2D eigenvalue weighted by Crippen LogP contribution is -2.38. The molecule has 12 heteroatoms. The molecule has 10 nitrogen and oxygen atoms in total. The number of carbonyl (C=O) groups excluding carboxylic acids is 2. The molecule has 1 atom stereocenters. The van der Waals surface area contributed by atoms with Crippen LogP contribution in [0.2, 0.25) is 0 Å². The van der Waals surface area contributed by atoms with Gasteiger partial charge in [-0.15, -0.1) is 5.10 Å². The highest BCUT2D eigenvalue weighted by atomic mass is 79.9. The molecule has 0 radical (unpaired) electrons. The van der Waals surface area contributed by atoms with Gasteiger partial charge in [-0.2, -0.15) is 4.98 Å². The van der Waals surface area contributed by atoms with Gasteiger partial charge >= 0.3 is 0 Å². The van der Waals surface area contributed by atoms with E-state index in [0.29, 0.717) is 45.0 Å². The summed E-state index contributed by atoms with van der Waals surface area (Å²) in [5.74, 6) is 2.10. The molecule has 1 aromatic heterocycles. The van der Waals surface area contributed by atoms with Crippen LogP contribution < -0.4 is 20.1 Å². The zero-order chi connectivity index (χ0) is 32.8. The van der Waals surface area contributed by atoms with Crippen molar-refractivity contribution in [2.24, 2.45) is 0 Å². The molecule has 0 bridgehead atoms. The van der Waals surface area contributed by atoms with Gasteiger partial charge in [0, 0.05) is 30.2 Å². The van der Waals surface area contributed by atoms with Crippen molar-refractivity contribution in [3.8, 4) is 11.5 Å². The first-order valence-corrected chi connectivity index (χ1v) is 17.8. The second-order valence-corrected chi connectivity index (χ2v) is 13.5. The highest BCUT2D eigenvalue weighted by Gasteiger charge is 2.36. The Morgan fingerprint density at radius 1 is 1.11 bits per heavy atom. The molecule has 46 heavy (non-hydrogen) atoms. The Bertz CT molecular complexity index is 1620. The average molecular weight is 712 g/mol. The number of hydrogen-bond acceptors (Lipinski definition) is 8. The molecule has 2 aliphatic heterocycles. The van der Waals surface area contributed by atoms with Crippen molar-refractivity contribution in [3.05, 3.63) is 62.8 Å². The van der Waals surface area contributed by atoms with Gasteiger partial charge in [-0.25, -0.2) is 4.68 Å². The van der Waals surface area contributed by atoms with E-state index in [0.717, 1.165) is 73.3 Å². The van der Waals surface area contributed by atoms with E-state index in [9.17, 15) is 9.59 Å². The first kappa shape index (κ1) is 33.8. The Morgan fingerprint density at radius 2 is 1.89 bits per heavy atom. The van der Waals surface area contributed by atoms with E-state index in [1.807, 2.05) is 62.9 Å². The van der Waals surface area contributed by atoms with Crippen LogP contribution in [0.25, 0.3) is 0 Å². The Morgan fingerprint density at radius 3 is 2.63 bits per heavy atom. The maximum atomic E-state index is 14.2. The number of rotatable bonds is 12. The third-order valence-electron chi connectivity index (χ3n) is 8.36. The number of allylic oxidation sites excluding steroid dienone is 1. The van der Waals surface area contributed by atoms with Crippen LogP contribution in [0.3, 0.4) is 0 Å². The van der Waals surface area contributed by atoms with Crippen molar-refractivity contribution >= 4 is 51.1 Å². The van der Waals surface area contributed by atoms with Gasteiger partial charge in [-0.05, 0) is 104 Å². The average Bonchev–Trinajstić information content (AvgIpc) is 3.44. The maximum absolute atomic E-state index is 14.2. The molecule has 2 N–H and O–H groups in total. The lowest BCUT2D eigenvalue weighted by molar-refractivity contribution is -0.134. The van der Waals surface area contributed by atoms with Gasteiger partial charge in [0.25, 0.3) is 11.8 Å². The molecular weight excluding hydrogens is 668 g/mol. The number of hydrogen-bond donors (Lipinski definition) is 2. The third kappa shape index (κ3) is 7.54. The molecule has 3 aromatic rings. The van der Waals surface area contributed by atoms with Crippen molar-refractivity contribution in [1.82, 2.24) is 19.7 Å². The number of aryl methyl sites for hydroxylation is 1. The highest BCUT2D eigenvalue weighted by molar-refractivity contribution is 9.10. The van der Waals surface area contributed by atoms with Gasteiger partial charge in [0.15, 0.2) is 18.1 Å². The summed E-state index contributed by atoms with van der Waals surface area (Å²) in [5, 5.41) is 12.0. The maximum Gasteiger partial charge on any atom is 0.260 e. The topological polar surface area (TPSA) is 111 Å². The zero-order valence-corrected chi connectivity index (χ0v) is 29.6. The minimum Gasteiger partial charge on any atom is -0.490 e. The van der Waals surface area contributed by atoms with Crippen LogP contribution in [-0.4, -0.2) is 63.5 Å². The number of thioether (sulfide) groups is 1. The van der Waals surface area contributed by atoms with Crippen LogP contribution in [0.1, 0.15) is 75.6 Å². The summed E-state index contributed by atoms with van der Waals surface area (Å²) in [6.07, 6.45) is 5.31. The number of piperidine rings is 1. The highest BCUT2D eigenvalue weighted by Crippen LogP contribution is 2.43. The molecule has 1 unspecified atom stereocenters. The molecule has 1 fully saturated rings. The van der Waals surface area contributed by atoms with Crippen LogP contribution in [0.5, 0.6) is 11.5 Å². The van der Waals surface area contributed by atoms with Crippen molar-refractivity contribution in [3.63, 3.8) is 0 Å². The molecule has 0 saturated carbocycles. The Hall–Kier alpha value is -3.51. The summed E-state index contributed by atoms with van der Waals surface area (Å²) in [6.45, 7) is 11.8. The number of benzene rings is 2. The van der Waals surface area contributed by atoms with Gasteiger partial charge in [0.2, 0.25) is 11.1 Å². The molecule has 0 aliphatic carbocycles. The van der Waals surface area contributed by atoms with Gasteiger partial charge in [0.05, 0.1) is 16.7 Å². The van der Waals surface area contributed by atoms with E-state index in [1.54, 1.807) is 16.4 Å². The number of aromatic nitrogens is 3. The zero-order valence-electron chi connectivity index (χ0n) is 27.2. The molecule has 2 amide bonds. The quantitative estimate of drug-likeness (QED) is 0.149. The van der Waals surface area contributed by atoms with E-state index in [1.165, 1.54) is 0 Å². The van der Waals surface area contributed by atoms with E-state index in [4.69, 9.17) is 19.6 Å². The summed E-state index contributed by atoms with van der Waals surface area (Å²) < 4.78 is 14.6. The van der Waals surface area contributed by atoms with Crippen molar-refractivity contribution in [1.29, 1.82) is 0 Å². The molecule has 2 aliphatic rings. The number of anilines is 2. The van der Waals surface area contributed by atoms with Gasteiger partial charge < -0.3 is 25.0 Å². The second kappa shape index (κ2) is 15.4. The minimum atomic E-state index is -0.617. The summed E-state index contributed by atoms with van der Waals surface area (Å²) in [7, 11) is 0. The van der Waals surface area contributed by atoms with E-state index in [-0.39, 0.29) is 18.4 Å². The molecule has 3 heterocycles. The Kier molecular flexibility index (Phi) is 11.3. The fraction of sp³-hybridized carbons (Fsp3) is 0.471. The standard InChI is InChI=1S/C34H43BrN6O4S/c1-6-8-17-46-34-38-33-36-23(5)29(32(43)37-26-14-12-13-21(3)22(26)4)30(41(33)39-34)24-18-25(35)31(27(19-24)44-7-2)45-20-28(42)40-15-10-9-11-16-40/h12-14,18-19,30H,6-11,15-17,20H2,1-5H3,(H,37,43)(H,36,38,39). The normalized spacial score (nSPS) is 16.1. The predicted octanol–water partition coefficient (Wildman–Crippen LogP) is 7.27. The SMILES string of the molecule is CCCCSc1nc2n(n1)C(c1cc(Br)c(OCC(=O)N3CCCCC3)c(OCC)c1)C(C(=O)Nc1cccc(C)c1C)=C(C)N2. The predicted molar refractivity (Wildman–Crippen MR) is 186 cm³/mol. The monoisotopic (exact) mass is 710 g/mol. The summed E-state index contributed by atoms with van der Waals surface area (Å²) in [5.41, 5.74) is 4.79. The molecule has 0 spiro atoms. The number of nitrogens with one attached hydrogen (secondary N) is 2. The molecular formula is C34H43BrN6O4S. The van der Waals surface area contributed by atoms with E-state index < -0.39 is 6.04 Å². The number of halogens is 1. The van der Waals surface area contributed by atoms with Crippen LogP contribution in [0, 0.1) is 13.8 Å². The van der Waals surface area contributed by atoms with Crippen molar-refractivity contribution in [2.75, 3.05) is 42.7 Å². The number of carbonyl (C=O) groups is 2. The molecule has 1 saturated heterocycles. The van der Waals surface area contributed by atoms with Crippen LogP contribution in [-0.2, 0) is 9.59 Å². The van der Waals surface area contributed by atoms with Gasteiger partial charge in [0.1, 0.15) is 6.04 Å². The largest absolute Gasteiger partial charge is 0.490 e. The van der Waals surface area contributed by atoms with Crippen LogP contribution in [0.15, 0.2) is 51.2 Å². The number of likely N-dealkylation sites (tertiary alicyclic amines) is 1. The third-order valence-corrected chi connectivity index (χ3v) is 9.87. The first-order valence-electron chi connectivity index (χ1n) is 16.0. The van der Waals surface area contributed by atoms with Gasteiger partial charge in [-0.1, -0.05) is 37.2 Å². The molecule has 2 aromatic carbocycles. The van der Waals surface area contributed by atoms with Crippen LogP contribution in [0.4, 0.5) is 11.6 Å². The van der Waals surface area contributed by atoms with Crippen molar-refractivity contribution in [2.45, 2.75) is 77.9 Å². The lowest BCUT2D eigenvalue weighted by Gasteiger charge is -2.30. The van der Waals surface area contributed by atoms with Gasteiger partial charge in [-0.3, -0.25) is 9.59 Å². The number of amides is 2. The minimum absolute atomic E-state index is 0.0409. The Balaban J connectivity index is 1.53. The van der Waals surface area contributed by atoms with Crippen LogP contribution >= 0.6 is 27.7 Å². The number of unbranched alkanes of at least 4 members (excludes halogenated alkanes) is 1. The smallest absolute Gasteiger partial charge is 0.260 e. The number of ether oxygens (including phenoxy) is 2.